The average molecular weight is 365 g/mol. The van der Waals surface area contributed by atoms with Crippen LogP contribution in [0.3, 0.4) is 0 Å². The van der Waals surface area contributed by atoms with Crippen molar-refractivity contribution in [3.8, 4) is 5.75 Å². The highest BCUT2D eigenvalue weighted by molar-refractivity contribution is 7.99. The SMILES string of the molecule is CN=C(NCC(c1ccc(OC)cc1)N(C)C)NC1CCC(SC)C1. The van der Waals surface area contributed by atoms with Gasteiger partial charge in [-0.3, -0.25) is 4.99 Å². The van der Waals surface area contributed by atoms with Gasteiger partial charge < -0.3 is 20.3 Å². The molecule has 2 N–H and O–H groups in total. The zero-order valence-corrected chi connectivity index (χ0v) is 16.9. The van der Waals surface area contributed by atoms with Gasteiger partial charge in [0.25, 0.3) is 0 Å². The van der Waals surface area contributed by atoms with Gasteiger partial charge in [0, 0.05) is 24.9 Å². The Hall–Kier alpha value is -1.40. The van der Waals surface area contributed by atoms with Gasteiger partial charge in [0.05, 0.1) is 13.2 Å². The van der Waals surface area contributed by atoms with Crippen molar-refractivity contribution in [2.24, 2.45) is 4.99 Å². The summed E-state index contributed by atoms with van der Waals surface area (Å²) in [5.74, 6) is 1.78. The normalized spacial score (nSPS) is 22.1. The van der Waals surface area contributed by atoms with E-state index in [1.807, 2.05) is 30.9 Å². The van der Waals surface area contributed by atoms with E-state index in [9.17, 15) is 0 Å². The van der Waals surface area contributed by atoms with E-state index in [2.05, 4.69) is 53.0 Å². The number of ether oxygens (including phenoxy) is 1. The molecule has 0 aromatic heterocycles. The van der Waals surface area contributed by atoms with Gasteiger partial charge in [0.2, 0.25) is 0 Å². The molecule has 5 nitrogen and oxygen atoms in total. The highest BCUT2D eigenvalue weighted by Crippen LogP contribution is 2.28. The number of methoxy groups -OCH3 is 1. The summed E-state index contributed by atoms with van der Waals surface area (Å²) in [7, 11) is 7.74. The van der Waals surface area contributed by atoms with Crippen molar-refractivity contribution in [3.63, 3.8) is 0 Å². The third kappa shape index (κ3) is 5.82. The summed E-state index contributed by atoms with van der Waals surface area (Å²) in [5.41, 5.74) is 1.26. The van der Waals surface area contributed by atoms with Crippen molar-refractivity contribution in [2.45, 2.75) is 36.6 Å². The molecule has 1 aliphatic rings. The number of hydrogen-bond acceptors (Lipinski definition) is 4. The molecule has 1 aromatic rings. The second-order valence-corrected chi connectivity index (χ2v) is 7.86. The van der Waals surface area contributed by atoms with E-state index in [0.717, 1.165) is 23.5 Å². The van der Waals surface area contributed by atoms with Crippen LogP contribution in [0.15, 0.2) is 29.3 Å². The van der Waals surface area contributed by atoms with Gasteiger partial charge in [0.15, 0.2) is 5.96 Å². The first-order chi connectivity index (χ1) is 12.1. The molecule has 0 saturated heterocycles. The second kappa shape index (κ2) is 9.92. The number of thioether (sulfide) groups is 1. The van der Waals surface area contributed by atoms with Crippen LogP contribution in [0, 0.1) is 0 Å². The first kappa shape index (κ1) is 19.9. The van der Waals surface area contributed by atoms with Crippen LogP contribution < -0.4 is 15.4 Å². The Morgan fingerprint density at radius 3 is 2.56 bits per heavy atom. The predicted molar refractivity (Wildman–Crippen MR) is 109 cm³/mol. The number of benzene rings is 1. The van der Waals surface area contributed by atoms with Crippen LogP contribution in [0.5, 0.6) is 5.75 Å². The molecule has 0 radical (unpaired) electrons. The molecule has 1 aromatic carbocycles. The minimum atomic E-state index is 0.270. The number of hydrogen-bond donors (Lipinski definition) is 2. The maximum absolute atomic E-state index is 5.26. The molecule has 1 saturated carbocycles. The Morgan fingerprint density at radius 1 is 1.32 bits per heavy atom. The molecular formula is C19H32N4OS. The van der Waals surface area contributed by atoms with E-state index in [4.69, 9.17) is 4.74 Å². The van der Waals surface area contributed by atoms with Gasteiger partial charge in [0.1, 0.15) is 5.75 Å². The van der Waals surface area contributed by atoms with E-state index in [0.29, 0.717) is 6.04 Å². The Bertz CT molecular complexity index is 547. The summed E-state index contributed by atoms with van der Waals surface area (Å²) < 4.78 is 5.26. The molecule has 0 bridgehead atoms. The number of likely N-dealkylation sites (N-methyl/N-ethyl adjacent to an activating group) is 1. The number of nitrogens with one attached hydrogen (secondary N) is 2. The first-order valence-corrected chi connectivity index (χ1v) is 10.2. The van der Waals surface area contributed by atoms with Crippen molar-refractivity contribution in [1.29, 1.82) is 0 Å². The fraction of sp³-hybridized carbons (Fsp3) is 0.632. The van der Waals surface area contributed by atoms with Crippen molar-refractivity contribution in [3.05, 3.63) is 29.8 Å². The lowest BCUT2D eigenvalue weighted by molar-refractivity contribution is 0.297. The maximum Gasteiger partial charge on any atom is 0.191 e. The van der Waals surface area contributed by atoms with E-state index >= 15 is 0 Å². The fourth-order valence-corrected chi connectivity index (χ4v) is 4.09. The lowest BCUT2D eigenvalue weighted by atomic mass is 10.1. The van der Waals surface area contributed by atoms with E-state index in [1.165, 1.54) is 24.8 Å². The maximum atomic E-state index is 5.26. The Kier molecular flexibility index (Phi) is 7.90. The fourth-order valence-electron chi connectivity index (χ4n) is 3.29. The summed E-state index contributed by atoms with van der Waals surface area (Å²) >= 11 is 1.98. The highest BCUT2D eigenvalue weighted by atomic mass is 32.2. The van der Waals surface area contributed by atoms with Gasteiger partial charge in [-0.25, -0.2) is 0 Å². The zero-order valence-electron chi connectivity index (χ0n) is 16.1. The standard InChI is InChI=1S/C19H32N4OS/c1-20-19(22-15-8-11-17(12-15)25-5)21-13-18(23(2)3)14-6-9-16(24-4)10-7-14/h6-7,9-10,15,17-18H,8,11-13H2,1-5H3,(H2,20,21,22). The lowest BCUT2D eigenvalue weighted by Crippen LogP contribution is -2.45. The molecule has 0 heterocycles. The third-order valence-corrected chi connectivity index (χ3v) is 5.96. The van der Waals surface area contributed by atoms with E-state index in [1.54, 1.807) is 7.11 Å². The number of guanidine groups is 1. The van der Waals surface area contributed by atoms with Gasteiger partial charge in [-0.15, -0.1) is 0 Å². The summed E-state index contributed by atoms with van der Waals surface area (Å²) in [6.45, 7) is 0.803. The lowest BCUT2D eigenvalue weighted by Gasteiger charge is -2.27. The topological polar surface area (TPSA) is 48.9 Å². The van der Waals surface area contributed by atoms with Gasteiger partial charge in [-0.1, -0.05) is 12.1 Å². The number of aliphatic imine (C=N–C) groups is 1. The van der Waals surface area contributed by atoms with E-state index in [-0.39, 0.29) is 6.04 Å². The molecule has 1 fully saturated rings. The highest BCUT2D eigenvalue weighted by Gasteiger charge is 2.24. The van der Waals surface area contributed by atoms with Gasteiger partial charge >= 0.3 is 0 Å². The van der Waals surface area contributed by atoms with Crippen molar-refractivity contribution < 1.29 is 4.74 Å². The summed E-state index contributed by atoms with van der Waals surface area (Å²) in [6.07, 6.45) is 5.94. The van der Waals surface area contributed by atoms with Crippen molar-refractivity contribution in [1.82, 2.24) is 15.5 Å². The molecule has 1 aliphatic carbocycles. The molecule has 140 valence electrons. The van der Waals surface area contributed by atoms with Crippen LogP contribution in [0.25, 0.3) is 0 Å². The molecular weight excluding hydrogens is 332 g/mol. The quantitative estimate of drug-likeness (QED) is 0.575. The number of nitrogens with zero attached hydrogens (tertiary/aromatic N) is 2. The summed E-state index contributed by atoms with van der Waals surface area (Å²) in [4.78, 5) is 6.63. The second-order valence-electron chi connectivity index (χ2n) is 6.72. The van der Waals surface area contributed by atoms with Crippen molar-refractivity contribution in [2.75, 3.05) is 41.1 Å². The largest absolute Gasteiger partial charge is 0.497 e. The van der Waals surface area contributed by atoms with Crippen LogP contribution in [-0.2, 0) is 0 Å². The van der Waals surface area contributed by atoms with Crippen LogP contribution in [0.4, 0.5) is 0 Å². The zero-order chi connectivity index (χ0) is 18.2. The average Bonchev–Trinajstić information content (AvgIpc) is 3.08. The molecule has 0 amide bonds. The van der Waals surface area contributed by atoms with Gasteiger partial charge in [-0.05, 0) is 57.3 Å². The van der Waals surface area contributed by atoms with Crippen LogP contribution in [0.1, 0.15) is 30.9 Å². The monoisotopic (exact) mass is 364 g/mol. The molecule has 3 unspecified atom stereocenters. The smallest absolute Gasteiger partial charge is 0.191 e. The summed E-state index contributed by atoms with van der Waals surface area (Å²) in [6, 6.07) is 9.08. The molecule has 0 aliphatic heterocycles. The Balaban J connectivity index is 1.92. The molecule has 3 atom stereocenters. The van der Waals surface area contributed by atoms with E-state index < -0.39 is 0 Å². The molecule has 6 heteroatoms. The van der Waals surface area contributed by atoms with Gasteiger partial charge in [-0.2, -0.15) is 11.8 Å². The van der Waals surface area contributed by atoms with Crippen molar-refractivity contribution >= 4 is 17.7 Å². The third-order valence-electron chi connectivity index (χ3n) is 4.87. The van der Waals surface area contributed by atoms with Crippen LogP contribution >= 0.6 is 11.8 Å². The molecule has 25 heavy (non-hydrogen) atoms. The molecule has 0 spiro atoms. The van der Waals surface area contributed by atoms with Crippen LogP contribution in [0.2, 0.25) is 0 Å². The van der Waals surface area contributed by atoms with Crippen LogP contribution in [-0.4, -0.2) is 63.2 Å². The minimum absolute atomic E-state index is 0.270. The Labute approximate surface area is 156 Å². The first-order valence-electron chi connectivity index (χ1n) is 8.87. The molecule has 2 rings (SSSR count). The predicted octanol–water partition coefficient (Wildman–Crippen LogP) is 2.75. The minimum Gasteiger partial charge on any atom is -0.497 e. The number of rotatable bonds is 7. The Morgan fingerprint density at radius 2 is 2.04 bits per heavy atom. The summed E-state index contributed by atoms with van der Waals surface area (Å²) in [5, 5.41) is 7.86.